The molecule has 5 rings (SSSR count). The topological polar surface area (TPSA) is 76.0 Å². The van der Waals surface area contributed by atoms with Gasteiger partial charge in [0.25, 0.3) is 0 Å². The Labute approximate surface area is 172 Å². The number of amides is 2. The molecule has 2 aliphatic rings. The zero-order chi connectivity index (χ0) is 21.3. The molecular formula is C20H12ClF3N4O2. The fourth-order valence-electron chi connectivity index (χ4n) is 4.05. The standard InChI is InChI=1S/C20H12ClF3N4O2/c21-11-3-6-15-13(7-11)19(18(30)26-15)8-16(29)27-17-14(19)9-25-28(17)12-4-1-10(2-5-12)20(22,23)24/h1-7,9H,8H2,(H,26,30)(H,27,29). The summed E-state index contributed by atoms with van der Waals surface area (Å²) in [4.78, 5) is 25.6. The molecule has 0 bridgehead atoms. The third-order valence-corrected chi connectivity index (χ3v) is 5.66. The number of nitrogens with one attached hydrogen (secondary N) is 2. The van der Waals surface area contributed by atoms with Gasteiger partial charge in [0.05, 0.1) is 17.4 Å². The van der Waals surface area contributed by atoms with Crippen molar-refractivity contribution in [1.29, 1.82) is 0 Å². The van der Waals surface area contributed by atoms with Crippen molar-refractivity contribution in [1.82, 2.24) is 9.78 Å². The fraction of sp³-hybridized carbons (Fsp3) is 0.150. The molecule has 1 aromatic heterocycles. The Morgan fingerprint density at radius 2 is 1.77 bits per heavy atom. The lowest BCUT2D eigenvalue weighted by Gasteiger charge is -2.31. The number of halogens is 4. The number of hydrogen-bond donors (Lipinski definition) is 2. The summed E-state index contributed by atoms with van der Waals surface area (Å²) in [7, 11) is 0. The fourth-order valence-corrected chi connectivity index (χ4v) is 4.23. The van der Waals surface area contributed by atoms with Crippen molar-refractivity contribution in [3.8, 4) is 5.69 Å². The van der Waals surface area contributed by atoms with Gasteiger partial charge < -0.3 is 10.6 Å². The molecule has 3 aromatic rings. The van der Waals surface area contributed by atoms with E-state index >= 15 is 0 Å². The van der Waals surface area contributed by atoms with E-state index in [0.29, 0.717) is 27.5 Å². The van der Waals surface area contributed by atoms with Crippen molar-refractivity contribution in [2.75, 3.05) is 10.6 Å². The van der Waals surface area contributed by atoms with Crippen LogP contribution in [-0.4, -0.2) is 21.6 Å². The summed E-state index contributed by atoms with van der Waals surface area (Å²) in [5.41, 5.74) is -0.254. The van der Waals surface area contributed by atoms with Crippen molar-refractivity contribution in [2.24, 2.45) is 0 Å². The third-order valence-electron chi connectivity index (χ3n) is 5.43. The van der Waals surface area contributed by atoms with Crippen molar-refractivity contribution in [3.63, 3.8) is 0 Å². The van der Waals surface area contributed by atoms with Crippen molar-refractivity contribution >= 4 is 34.9 Å². The largest absolute Gasteiger partial charge is 0.416 e. The Hall–Kier alpha value is -3.33. The summed E-state index contributed by atoms with van der Waals surface area (Å²) < 4.78 is 39.9. The molecule has 0 saturated heterocycles. The van der Waals surface area contributed by atoms with E-state index in [-0.39, 0.29) is 18.1 Å². The van der Waals surface area contributed by atoms with E-state index in [1.54, 1.807) is 18.2 Å². The summed E-state index contributed by atoms with van der Waals surface area (Å²) >= 11 is 6.14. The van der Waals surface area contributed by atoms with Gasteiger partial charge in [-0.1, -0.05) is 11.6 Å². The molecule has 3 heterocycles. The van der Waals surface area contributed by atoms with Crippen LogP contribution in [0.5, 0.6) is 0 Å². The average Bonchev–Trinajstić information content (AvgIpc) is 3.22. The molecule has 152 valence electrons. The van der Waals surface area contributed by atoms with Crippen LogP contribution < -0.4 is 10.6 Å². The van der Waals surface area contributed by atoms with E-state index in [4.69, 9.17) is 11.6 Å². The minimum atomic E-state index is -4.47. The number of carbonyl (C=O) groups is 2. The minimum absolute atomic E-state index is 0.141. The summed E-state index contributed by atoms with van der Waals surface area (Å²) in [6, 6.07) is 9.30. The Balaban J connectivity index is 1.68. The van der Waals surface area contributed by atoms with Gasteiger partial charge in [-0.25, -0.2) is 4.68 Å². The van der Waals surface area contributed by atoms with E-state index in [0.717, 1.165) is 12.1 Å². The van der Waals surface area contributed by atoms with Gasteiger partial charge in [0.1, 0.15) is 11.2 Å². The molecule has 1 atom stereocenters. The first-order chi connectivity index (χ1) is 14.2. The van der Waals surface area contributed by atoms with E-state index in [2.05, 4.69) is 15.7 Å². The van der Waals surface area contributed by atoms with Crippen LogP contribution in [0.25, 0.3) is 5.69 Å². The lowest BCUT2D eigenvalue weighted by Crippen LogP contribution is -2.43. The number of benzene rings is 2. The van der Waals surface area contributed by atoms with E-state index < -0.39 is 23.1 Å². The van der Waals surface area contributed by atoms with Gasteiger partial charge in [0.2, 0.25) is 11.8 Å². The van der Waals surface area contributed by atoms with Crippen LogP contribution in [0.3, 0.4) is 0 Å². The number of hydrogen-bond acceptors (Lipinski definition) is 3. The van der Waals surface area contributed by atoms with Crippen molar-refractivity contribution in [2.45, 2.75) is 18.0 Å². The van der Waals surface area contributed by atoms with Crippen LogP contribution in [0.1, 0.15) is 23.1 Å². The highest BCUT2D eigenvalue weighted by molar-refractivity contribution is 6.31. The molecule has 1 unspecified atom stereocenters. The molecule has 10 heteroatoms. The molecule has 0 saturated carbocycles. The zero-order valence-corrected chi connectivity index (χ0v) is 15.8. The molecule has 30 heavy (non-hydrogen) atoms. The Kier molecular flexibility index (Phi) is 3.79. The molecule has 1 spiro atoms. The maximum atomic E-state index is 13.0. The molecule has 0 aliphatic carbocycles. The second-order valence-corrected chi connectivity index (χ2v) is 7.57. The van der Waals surface area contributed by atoms with Crippen molar-refractivity contribution in [3.05, 3.63) is 70.4 Å². The van der Waals surface area contributed by atoms with Crippen LogP contribution in [0.4, 0.5) is 24.7 Å². The number of rotatable bonds is 1. The monoisotopic (exact) mass is 432 g/mol. The Morgan fingerprint density at radius 1 is 1.03 bits per heavy atom. The van der Waals surface area contributed by atoms with Crippen LogP contribution in [0, 0.1) is 0 Å². The molecule has 0 radical (unpaired) electrons. The van der Waals surface area contributed by atoms with Crippen LogP contribution >= 0.6 is 11.6 Å². The normalized spacial score (nSPS) is 20.0. The van der Waals surface area contributed by atoms with Crippen LogP contribution in [0.15, 0.2) is 48.7 Å². The van der Waals surface area contributed by atoms with Gasteiger partial charge in [-0.15, -0.1) is 0 Å². The lowest BCUT2D eigenvalue weighted by molar-refractivity contribution is -0.137. The highest BCUT2D eigenvalue weighted by atomic mass is 35.5. The second-order valence-electron chi connectivity index (χ2n) is 7.14. The summed E-state index contributed by atoms with van der Waals surface area (Å²) in [5, 5.41) is 10.1. The minimum Gasteiger partial charge on any atom is -0.325 e. The highest BCUT2D eigenvalue weighted by Crippen LogP contribution is 2.50. The number of alkyl halides is 3. The molecule has 2 N–H and O–H groups in total. The molecule has 2 amide bonds. The average molecular weight is 433 g/mol. The first-order valence-corrected chi connectivity index (χ1v) is 9.25. The molecule has 2 aromatic carbocycles. The number of carbonyl (C=O) groups excluding carboxylic acids is 2. The third kappa shape index (κ3) is 2.55. The molecular weight excluding hydrogens is 421 g/mol. The Bertz CT molecular complexity index is 1220. The zero-order valence-electron chi connectivity index (χ0n) is 15.0. The predicted octanol–water partition coefficient (Wildman–Crippen LogP) is 4.12. The number of anilines is 2. The molecule has 2 aliphatic heterocycles. The lowest BCUT2D eigenvalue weighted by atomic mass is 9.72. The van der Waals surface area contributed by atoms with Gasteiger partial charge >= 0.3 is 6.18 Å². The summed E-state index contributed by atoms with van der Waals surface area (Å²) in [6.45, 7) is 0. The van der Waals surface area contributed by atoms with E-state index in [9.17, 15) is 22.8 Å². The van der Waals surface area contributed by atoms with Gasteiger partial charge in [0.15, 0.2) is 0 Å². The van der Waals surface area contributed by atoms with Crippen LogP contribution in [0.2, 0.25) is 5.02 Å². The summed E-state index contributed by atoms with van der Waals surface area (Å²) in [6.07, 6.45) is -3.16. The Morgan fingerprint density at radius 3 is 2.47 bits per heavy atom. The first kappa shape index (κ1) is 18.7. The molecule has 6 nitrogen and oxygen atoms in total. The van der Waals surface area contributed by atoms with E-state index in [1.807, 2.05) is 0 Å². The highest BCUT2D eigenvalue weighted by Gasteiger charge is 2.54. The maximum Gasteiger partial charge on any atom is 0.416 e. The quantitative estimate of drug-likeness (QED) is 0.607. The number of fused-ring (bicyclic) bond motifs is 4. The van der Waals surface area contributed by atoms with Gasteiger partial charge in [-0.05, 0) is 48.0 Å². The van der Waals surface area contributed by atoms with Crippen molar-refractivity contribution < 1.29 is 22.8 Å². The predicted molar refractivity (Wildman–Crippen MR) is 103 cm³/mol. The second kappa shape index (κ2) is 6.09. The first-order valence-electron chi connectivity index (χ1n) is 8.87. The van der Waals surface area contributed by atoms with Gasteiger partial charge in [0, 0.05) is 22.7 Å². The number of aromatic nitrogens is 2. The SMILES string of the molecule is O=C1CC2(C(=O)Nc3ccc(Cl)cc32)c2cnn(-c3ccc(C(F)(F)F)cc3)c2N1. The van der Waals surface area contributed by atoms with Gasteiger partial charge in [-0.3, -0.25) is 9.59 Å². The summed E-state index contributed by atoms with van der Waals surface area (Å²) in [5.74, 6) is -0.573. The van der Waals surface area contributed by atoms with Crippen LogP contribution in [-0.2, 0) is 21.2 Å². The molecule has 0 fully saturated rings. The smallest absolute Gasteiger partial charge is 0.325 e. The van der Waals surface area contributed by atoms with E-state index in [1.165, 1.54) is 23.0 Å². The van der Waals surface area contributed by atoms with Gasteiger partial charge in [-0.2, -0.15) is 18.3 Å². The number of nitrogens with zero attached hydrogens (tertiary/aromatic N) is 2. The maximum absolute atomic E-state index is 13.0.